The Morgan fingerprint density at radius 2 is 2.08 bits per heavy atom. The van der Waals surface area contributed by atoms with Crippen molar-refractivity contribution in [2.45, 2.75) is 31.2 Å². The Morgan fingerprint density at radius 1 is 1.50 bits per heavy atom. The van der Waals surface area contributed by atoms with Gasteiger partial charge >= 0.3 is 0 Å². The van der Waals surface area contributed by atoms with Crippen LogP contribution in [0.2, 0.25) is 0 Å². The van der Waals surface area contributed by atoms with E-state index in [9.17, 15) is 9.90 Å². The van der Waals surface area contributed by atoms with E-state index in [1.807, 2.05) is 0 Å². The zero-order valence-electron chi connectivity index (χ0n) is 7.37. The molecule has 1 rings (SSSR count). The molecule has 4 heteroatoms. The number of carbonyl (C=O) groups is 1. The summed E-state index contributed by atoms with van der Waals surface area (Å²) in [4.78, 5) is 11.4. The van der Waals surface area contributed by atoms with Crippen LogP contribution in [0.4, 0.5) is 0 Å². The van der Waals surface area contributed by atoms with Gasteiger partial charge in [-0.3, -0.25) is 4.79 Å². The summed E-state index contributed by atoms with van der Waals surface area (Å²) in [5.41, 5.74) is 0. The number of methoxy groups -OCH3 is 2. The van der Waals surface area contributed by atoms with Crippen LogP contribution in [0.15, 0.2) is 0 Å². The summed E-state index contributed by atoms with van der Waals surface area (Å²) >= 11 is 0. The first-order valence-corrected chi connectivity index (χ1v) is 3.99. The van der Waals surface area contributed by atoms with Gasteiger partial charge in [0.05, 0.1) is 0 Å². The highest BCUT2D eigenvalue weighted by Gasteiger charge is 2.47. The summed E-state index contributed by atoms with van der Waals surface area (Å²) in [7, 11) is 2.74. The standard InChI is InChI=1S/C8H14O4/c1-11-8(12-2)6(9)4-3-5-7(8)10/h6,9H,3-5H2,1-2H3. The van der Waals surface area contributed by atoms with Gasteiger partial charge in [-0.25, -0.2) is 0 Å². The highest BCUT2D eigenvalue weighted by Crippen LogP contribution is 2.28. The van der Waals surface area contributed by atoms with Crippen LogP contribution in [0.3, 0.4) is 0 Å². The molecular weight excluding hydrogens is 160 g/mol. The Kier molecular flexibility index (Phi) is 2.82. The van der Waals surface area contributed by atoms with Crippen LogP contribution in [0, 0.1) is 0 Å². The summed E-state index contributed by atoms with van der Waals surface area (Å²) < 4.78 is 9.86. The van der Waals surface area contributed by atoms with E-state index in [-0.39, 0.29) is 5.78 Å². The Bertz CT molecular complexity index is 174. The molecule has 1 atom stereocenters. The summed E-state index contributed by atoms with van der Waals surface area (Å²) in [5, 5.41) is 9.52. The van der Waals surface area contributed by atoms with Gasteiger partial charge in [-0.05, 0) is 12.8 Å². The maximum absolute atomic E-state index is 11.4. The molecule has 0 radical (unpaired) electrons. The zero-order valence-corrected chi connectivity index (χ0v) is 7.37. The van der Waals surface area contributed by atoms with Crippen molar-refractivity contribution in [3.05, 3.63) is 0 Å². The lowest BCUT2D eigenvalue weighted by molar-refractivity contribution is -0.252. The molecule has 1 N–H and O–H groups in total. The predicted octanol–water partition coefficient (Wildman–Crippen LogP) is 0.0894. The molecule has 1 fully saturated rings. The summed E-state index contributed by atoms with van der Waals surface area (Å²) in [6, 6.07) is 0. The number of Topliss-reactive ketones (excluding diaryl/α,β-unsaturated/α-hetero) is 1. The van der Waals surface area contributed by atoms with Crippen LogP contribution >= 0.6 is 0 Å². The van der Waals surface area contributed by atoms with Crippen molar-refractivity contribution in [3.8, 4) is 0 Å². The number of aliphatic hydroxyl groups excluding tert-OH is 1. The topological polar surface area (TPSA) is 55.8 Å². The maximum Gasteiger partial charge on any atom is 0.255 e. The van der Waals surface area contributed by atoms with E-state index in [0.29, 0.717) is 19.3 Å². The Hall–Kier alpha value is -0.450. The quantitative estimate of drug-likeness (QED) is 0.603. The van der Waals surface area contributed by atoms with Crippen LogP contribution in [-0.2, 0) is 14.3 Å². The minimum atomic E-state index is -1.40. The third-order valence-corrected chi connectivity index (χ3v) is 2.32. The Morgan fingerprint density at radius 3 is 2.42 bits per heavy atom. The molecule has 0 saturated heterocycles. The third kappa shape index (κ3) is 1.26. The minimum absolute atomic E-state index is 0.175. The maximum atomic E-state index is 11.4. The van der Waals surface area contributed by atoms with Crippen LogP contribution < -0.4 is 0 Å². The fourth-order valence-corrected chi connectivity index (χ4v) is 1.59. The highest BCUT2D eigenvalue weighted by atomic mass is 16.7. The van der Waals surface area contributed by atoms with Gasteiger partial charge < -0.3 is 14.6 Å². The first kappa shape index (κ1) is 9.64. The van der Waals surface area contributed by atoms with E-state index in [4.69, 9.17) is 9.47 Å². The molecule has 0 heterocycles. The van der Waals surface area contributed by atoms with E-state index >= 15 is 0 Å². The second-order valence-electron chi connectivity index (χ2n) is 2.91. The lowest BCUT2D eigenvalue weighted by atomic mass is 9.90. The van der Waals surface area contributed by atoms with E-state index in [2.05, 4.69) is 0 Å². The smallest absolute Gasteiger partial charge is 0.255 e. The van der Waals surface area contributed by atoms with Gasteiger partial charge in [0.25, 0.3) is 5.79 Å². The van der Waals surface area contributed by atoms with Crippen LogP contribution in [0.25, 0.3) is 0 Å². The molecule has 0 amide bonds. The van der Waals surface area contributed by atoms with Crippen molar-refractivity contribution in [2.75, 3.05) is 14.2 Å². The molecule has 12 heavy (non-hydrogen) atoms. The van der Waals surface area contributed by atoms with Gasteiger partial charge in [-0.15, -0.1) is 0 Å². The number of hydrogen-bond acceptors (Lipinski definition) is 4. The number of carbonyl (C=O) groups excluding carboxylic acids is 1. The van der Waals surface area contributed by atoms with Crippen molar-refractivity contribution in [3.63, 3.8) is 0 Å². The monoisotopic (exact) mass is 174 g/mol. The molecule has 4 nitrogen and oxygen atoms in total. The average molecular weight is 174 g/mol. The molecule has 1 aliphatic rings. The van der Waals surface area contributed by atoms with Crippen molar-refractivity contribution in [2.24, 2.45) is 0 Å². The second kappa shape index (κ2) is 3.51. The van der Waals surface area contributed by atoms with E-state index in [0.717, 1.165) is 0 Å². The minimum Gasteiger partial charge on any atom is -0.387 e. The van der Waals surface area contributed by atoms with Gasteiger partial charge in [0.2, 0.25) is 0 Å². The SMILES string of the molecule is COC1(OC)C(=O)CCCC1O. The first-order valence-electron chi connectivity index (χ1n) is 3.99. The molecule has 0 aromatic carbocycles. The van der Waals surface area contributed by atoms with Crippen LogP contribution in [0.5, 0.6) is 0 Å². The molecule has 0 aromatic rings. The van der Waals surface area contributed by atoms with Crippen LogP contribution in [-0.4, -0.2) is 37.0 Å². The largest absolute Gasteiger partial charge is 0.387 e. The van der Waals surface area contributed by atoms with Gasteiger partial charge in [0.15, 0.2) is 5.78 Å². The number of hydrogen-bond donors (Lipinski definition) is 1. The van der Waals surface area contributed by atoms with Crippen molar-refractivity contribution in [1.82, 2.24) is 0 Å². The van der Waals surface area contributed by atoms with Crippen LogP contribution in [0.1, 0.15) is 19.3 Å². The molecule has 1 saturated carbocycles. The molecular formula is C8H14O4. The van der Waals surface area contributed by atoms with Gasteiger partial charge in [-0.2, -0.15) is 0 Å². The van der Waals surface area contributed by atoms with E-state index in [1.165, 1.54) is 14.2 Å². The van der Waals surface area contributed by atoms with Crippen molar-refractivity contribution >= 4 is 5.78 Å². The molecule has 0 spiro atoms. The lowest BCUT2D eigenvalue weighted by Gasteiger charge is -2.36. The van der Waals surface area contributed by atoms with E-state index in [1.54, 1.807) is 0 Å². The number of ketones is 1. The lowest BCUT2D eigenvalue weighted by Crippen LogP contribution is -2.55. The Balaban J connectivity index is 2.85. The molecule has 0 bridgehead atoms. The molecule has 0 aliphatic heterocycles. The fraction of sp³-hybridized carbons (Fsp3) is 0.875. The molecule has 1 aliphatic carbocycles. The van der Waals surface area contributed by atoms with E-state index < -0.39 is 11.9 Å². The molecule has 0 aromatic heterocycles. The van der Waals surface area contributed by atoms with Gasteiger partial charge in [0, 0.05) is 20.6 Å². The number of ether oxygens (including phenoxy) is 2. The average Bonchev–Trinajstić information content (AvgIpc) is 2.06. The number of aliphatic hydroxyl groups is 1. The van der Waals surface area contributed by atoms with Crippen molar-refractivity contribution in [1.29, 1.82) is 0 Å². The fourth-order valence-electron chi connectivity index (χ4n) is 1.59. The molecule has 70 valence electrons. The molecule has 1 unspecified atom stereocenters. The summed E-state index contributed by atoms with van der Waals surface area (Å²) in [6.45, 7) is 0. The highest BCUT2D eigenvalue weighted by molar-refractivity contribution is 5.87. The normalized spacial score (nSPS) is 28.9. The summed E-state index contributed by atoms with van der Waals surface area (Å²) in [6.07, 6.45) is 0.828. The third-order valence-electron chi connectivity index (χ3n) is 2.32. The second-order valence-corrected chi connectivity index (χ2v) is 2.91. The zero-order chi connectivity index (χ0) is 9.19. The Labute approximate surface area is 71.5 Å². The predicted molar refractivity (Wildman–Crippen MR) is 41.6 cm³/mol. The first-order chi connectivity index (χ1) is 5.67. The summed E-state index contributed by atoms with van der Waals surface area (Å²) in [5.74, 6) is -1.58. The van der Waals surface area contributed by atoms with Crippen molar-refractivity contribution < 1.29 is 19.4 Å². The van der Waals surface area contributed by atoms with Gasteiger partial charge in [-0.1, -0.05) is 0 Å². The van der Waals surface area contributed by atoms with Gasteiger partial charge in [0.1, 0.15) is 6.10 Å². The number of rotatable bonds is 2.